The zero-order valence-electron chi connectivity index (χ0n) is 24.6. The van der Waals surface area contributed by atoms with E-state index in [1.165, 1.54) is 19.2 Å². The Labute approximate surface area is 246 Å². The summed E-state index contributed by atoms with van der Waals surface area (Å²) in [5.74, 6) is -0.792. The topological polar surface area (TPSA) is 135 Å². The van der Waals surface area contributed by atoms with Gasteiger partial charge in [0.25, 0.3) is 0 Å². The number of nitrogens with one attached hydrogen (secondary N) is 4. The molecule has 0 saturated carbocycles. The zero-order valence-corrected chi connectivity index (χ0v) is 24.6. The van der Waals surface area contributed by atoms with Crippen molar-refractivity contribution in [2.45, 2.75) is 46.6 Å². The number of amides is 4. The third-order valence-corrected chi connectivity index (χ3v) is 6.30. The molecule has 42 heavy (non-hydrogen) atoms. The fraction of sp³-hybridized carbons (Fsp3) is 0.312. The molecule has 0 heterocycles. The molecule has 0 bridgehead atoms. The Balaban J connectivity index is 1.60. The normalized spacial score (nSPS) is 11.3. The Morgan fingerprint density at radius 3 is 2.21 bits per heavy atom. The van der Waals surface area contributed by atoms with Crippen LogP contribution in [0.1, 0.15) is 48.7 Å². The first-order valence-corrected chi connectivity index (χ1v) is 13.8. The lowest BCUT2D eigenvalue weighted by atomic mass is 10.0. The average Bonchev–Trinajstić information content (AvgIpc) is 2.95. The van der Waals surface area contributed by atoms with Gasteiger partial charge in [-0.3, -0.25) is 9.59 Å². The van der Waals surface area contributed by atoms with Crippen LogP contribution in [0, 0.1) is 12.8 Å². The van der Waals surface area contributed by atoms with E-state index in [0.717, 1.165) is 16.8 Å². The molecule has 0 spiro atoms. The van der Waals surface area contributed by atoms with Gasteiger partial charge in [0.1, 0.15) is 11.8 Å². The molecule has 0 aromatic heterocycles. The number of carbonyl (C=O) groups excluding carboxylic acids is 4. The second-order valence-electron chi connectivity index (χ2n) is 10.1. The zero-order chi connectivity index (χ0) is 30.6. The number of para-hydroxylation sites is 1. The molecule has 0 aliphatic rings. The molecule has 10 nitrogen and oxygen atoms in total. The van der Waals surface area contributed by atoms with Crippen molar-refractivity contribution in [3.63, 3.8) is 0 Å². The number of carbonyl (C=O) groups is 4. The number of rotatable bonds is 12. The first kappa shape index (κ1) is 31.7. The molecule has 3 aromatic rings. The maximum Gasteiger partial charge on any atom is 0.338 e. The molecule has 4 N–H and O–H groups in total. The van der Waals surface area contributed by atoms with Gasteiger partial charge in [0.2, 0.25) is 11.8 Å². The van der Waals surface area contributed by atoms with Gasteiger partial charge in [-0.2, -0.15) is 0 Å². The van der Waals surface area contributed by atoms with E-state index in [4.69, 9.17) is 9.47 Å². The molecule has 0 fully saturated rings. The van der Waals surface area contributed by atoms with Crippen LogP contribution in [0.2, 0.25) is 0 Å². The fourth-order valence-corrected chi connectivity index (χ4v) is 4.19. The van der Waals surface area contributed by atoms with Crippen LogP contribution >= 0.6 is 0 Å². The van der Waals surface area contributed by atoms with Crippen LogP contribution in [0.3, 0.4) is 0 Å². The van der Waals surface area contributed by atoms with Gasteiger partial charge in [0, 0.05) is 11.4 Å². The van der Waals surface area contributed by atoms with Crippen molar-refractivity contribution in [3.8, 4) is 5.75 Å². The summed E-state index contributed by atoms with van der Waals surface area (Å²) in [4.78, 5) is 50.5. The largest absolute Gasteiger partial charge is 0.495 e. The second kappa shape index (κ2) is 15.2. The molecular weight excluding hydrogens is 536 g/mol. The van der Waals surface area contributed by atoms with Crippen LogP contribution in [-0.2, 0) is 20.7 Å². The summed E-state index contributed by atoms with van der Waals surface area (Å²) in [5.41, 5.74) is 3.63. The predicted octanol–water partition coefficient (Wildman–Crippen LogP) is 5.54. The number of methoxy groups -OCH3 is 1. The van der Waals surface area contributed by atoms with E-state index in [2.05, 4.69) is 21.3 Å². The van der Waals surface area contributed by atoms with E-state index in [1.807, 2.05) is 45.0 Å². The van der Waals surface area contributed by atoms with E-state index < -0.39 is 17.9 Å². The first-order valence-electron chi connectivity index (χ1n) is 13.8. The summed E-state index contributed by atoms with van der Waals surface area (Å²) in [6.45, 7) is 7.79. The Morgan fingerprint density at radius 1 is 0.857 bits per heavy atom. The van der Waals surface area contributed by atoms with E-state index in [0.29, 0.717) is 29.1 Å². The lowest BCUT2D eigenvalue weighted by Gasteiger charge is -2.21. The molecule has 0 aliphatic heterocycles. The van der Waals surface area contributed by atoms with Crippen LogP contribution in [0.25, 0.3) is 0 Å². The molecule has 0 aliphatic carbocycles. The molecule has 4 amide bonds. The highest BCUT2D eigenvalue weighted by Gasteiger charge is 2.23. The van der Waals surface area contributed by atoms with E-state index in [1.54, 1.807) is 37.3 Å². The summed E-state index contributed by atoms with van der Waals surface area (Å²) >= 11 is 0. The number of ether oxygens (including phenoxy) is 2. The van der Waals surface area contributed by atoms with Crippen molar-refractivity contribution in [3.05, 3.63) is 83.4 Å². The van der Waals surface area contributed by atoms with Crippen molar-refractivity contribution in [1.29, 1.82) is 0 Å². The summed E-state index contributed by atoms with van der Waals surface area (Å²) in [5, 5.41) is 11.2. The molecule has 1 atom stereocenters. The quantitative estimate of drug-likeness (QED) is 0.210. The Bertz CT molecular complexity index is 1400. The highest BCUT2D eigenvalue weighted by atomic mass is 16.5. The molecule has 3 aromatic carbocycles. The maximum atomic E-state index is 13.2. The van der Waals surface area contributed by atoms with Gasteiger partial charge in [-0.1, -0.05) is 44.2 Å². The minimum atomic E-state index is -0.794. The summed E-state index contributed by atoms with van der Waals surface area (Å²) in [6.07, 6.45) is 0.467. The Hall–Kier alpha value is -4.86. The van der Waals surface area contributed by atoms with Gasteiger partial charge in [0.05, 0.1) is 31.4 Å². The van der Waals surface area contributed by atoms with Crippen LogP contribution < -0.4 is 26.0 Å². The number of benzene rings is 3. The fourth-order valence-electron chi connectivity index (χ4n) is 4.19. The average molecular weight is 575 g/mol. The van der Waals surface area contributed by atoms with Crippen LogP contribution in [-0.4, -0.2) is 43.6 Å². The van der Waals surface area contributed by atoms with Gasteiger partial charge < -0.3 is 30.7 Å². The monoisotopic (exact) mass is 574 g/mol. The standard InChI is InChI=1S/C32H38N4O6/c1-6-42-31(39)23-13-16-26(28(19-23)41-5)35-30(38)27(17-20(2)3)34-29(37)18-22-11-14-24(15-12-22)33-32(40)36-25-10-8-7-9-21(25)4/h7-16,19-20,27H,6,17-18H2,1-5H3,(H,34,37)(H,35,38)(H2,33,36,40)/t27-/m0/s1. The minimum Gasteiger partial charge on any atom is -0.495 e. The van der Waals surface area contributed by atoms with Gasteiger partial charge in [-0.15, -0.1) is 0 Å². The van der Waals surface area contributed by atoms with Crippen molar-refractivity contribution >= 4 is 40.9 Å². The third kappa shape index (κ3) is 9.36. The maximum absolute atomic E-state index is 13.2. The number of aryl methyl sites for hydroxylation is 1. The lowest BCUT2D eigenvalue weighted by molar-refractivity contribution is -0.126. The molecule has 222 valence electrons. The van der Waals surface area contributed by atoms with Gasteiger partial charge in [-0.05, 0) is 73.7 Å². The van der Waals surface area contributed by atoms with Crippen molar-refractivity contribution in [2.24, 2.45) is 5.92 Å². The van der Waals surface area contributed by atoms with Crippen LogP contribution in [0.15, 0.2) is 66.7 Å². The smallest absolute Gasteiger partial charge is 0.338 e. The van der Waals surface area contributed by atoms with E-state index in [-0.39, 0.29) is 30.9 Å². The minimum absolute atomic E-state index is 0.0507. The van der Waals surface area contributed by atoms with E-state index in [9.17, 15) is 19.2 Å². The van der Waals surface area contributed by atoms with E-state index >= 15 is 0 Å². The second-order valence-corrected chi connectivity index (χ2v) is 10.1. The third-order valence-electron chi connectivity index (χ3n) is 6.30. The van der Waals surface area contributed by atoms with Crippen molar-refractivity contribution in [2.75, 3.05) is 29.7 Å². The number of hydrogen-bond acceptors (Lipinski definition) is 6. The molecule has 3 rings (SSSR count). The molecule has 0 radical (unpaired) electrons. The van der Waals surface area contributed by atoms with Gasteiger partial charge >= 0.3 is 12.0 Å². The highest BCUT2D eigenvalue weighted by Crippen LogP contribution is 2.26. The van der Waals surface area contributed by atoms with Crippen molar-refractivity contribution < 1.29 is 28.7 Å². The summed E-state index contributed by atoms with van der Waals surface area (Å²) in [7, 11) is 1.44. The lowest BCUT2D eigenvalue weighted by Crippen LogP contribution is -2.45. The Kier molecular flexibility index (Phi) is 11.5. The number of urea groups is 1. The summed E-state index contributed by atoms with van der Waals surface area (Å²) in [6, 6.07) is 17.8. The number of hydrogen-bond donors (Lipinski definition) is 4. The van der Waals surface area contributed by atoms with Crippen LogP contribution in [0.5, 0.6) is 5.75 Å². The number of esters is 1. The van der Waals surface area contributed by atoms with Crippen LogP contribution in [0.4, 0.5) is 21.9 Å². The first-order chi connectivity index (χ1) is 20.1. The van der Waals surface area contributed by atoms with Gasteiger partial charge in [-0.25, -0.2) is 9.59 Å². The molecule has 10 heteroatoms. The Morgan fingerprint density at radius 2 is 1.57 bits per heavy atom. The SMILES string of the molecule is CCOC(=O)c1ccc(NC(=O)[C@H](CC(C)C)NC(=O)Cc2ccc(NC(=O)Nc3ccccc3C)cc2)c(OC)c1. The molecular formula is C32H38N4O6. The highest BCUT2D eigenvalue weighted by molar-refractivity contribution is 6.01. The van der Waals surface area contributed by atoms with Gasteiger partial charge in [0.15, 0.2) is 0 Å². The summed E-state index contributed by atoms with van der Waals surface area (Å²) < 4.78 is 10.4. The predicted molar refractivity (Wildman–Crippen MR) is 163 cm³/mol. The molecule has 0 saturated heterocycles. The van der Waals surface area contributed by atoms with Crippen molar-refractivity contribution in [1.82, 2.24) is 5.32 Å². The molecule has 0 unspecified atom stereocenters. The number of anilines is 3.